The van der Waals surface area contributed by atoms with Gasteiger partial charge in [0.05, 0.1) is 16.8 Å². The Morgan fingerprint density at radius 2 is 1.96 bits per heavy atom. The normalized spacial score (nSPS) is 15.5. The average Bonchev–Trinajstić information content (AvgIpc) is 3.16. The summed E-state index contributed by atoms with van der Waals surface area (Å²) in [4.78, 5) is 17.6. The van der Waals surface area contributed by atoms with Gasteiger partial charge in [-0.1, -0.05) is 37.5 Å². The minimum absolute atomic E-state index is 0.0250. The van der Waals surface area contributed by atoms with Crippen molar-refractivity contribution in [1.82, 2.24) is 10.3 Å². The van der Waals surface area contributed by atoms with Gasteiger partial charge in [0.1, 0.15) is 0 Å². The molecule has 0 unspecified atom stereocenters. The number of nitrogens with zero attached hydrogens (tertiary/aromatic N) is 1. The number of fused-ring (bicyclic) bond motifs is 1. The third-order valence-electron chi connectivity index (χ3n) is 4.72. The Balaban J connectivity index is 1.73. The maximum absolute atomic E-state index is 12.9. The monoisotopic (exact) mass is 336 g/mol. The van der Waals surface area contributed by atoms with Crippen molar-refractivity contribution in [3.8, 4) is 11.3 Å². The zero-order valence-corrected chi connectivity index (χ0v) is 14.3. The molecule has 24 heavy (non-hydrogen) atoms. The smallest absolute Gasteiger partial charge is 0.252 e. The summed E-state index contributed by atoms with van der Waals surface area (Å²) in [5.41, 5.74) is 3.53. The fraction of sp³-hybridized carbons (Fsp3) is 0.300. The first-order valence-electron chi connectivity index (χ1n) is 8.54. The predicted octanol–water partition coefficient (Wildman–Crippen LogP) is 5.03. The Kier molecular flexibility index (Phi) is 4.30. The maximum Gasteiger partial charge on any atom is 0.252 e. The number of benzene rings is 1. The first-order valence-corrected chi connectivity index (χ1v) is 9.49. The van der Waals surface area contributed by atoms with E-state index in [1.54, 1.807) is 11.3 Å². The van der Waals surface area contributed by atoms with Crippen LogP contribution in [0.2, 0.25) is 0 Å². The fourth-order valence-electron chi connectivity index (χ4n) is 3.43. The van der Waals surface area contributed by atoms with Crippen LogP contribution in [0.5, 0.6) is 0 Å². The van der Waals surface area contributed by atoms with E-state index in [9.17, 15) is 4.79 Å². The van der Waals surface area contributed by atoms with Crippen LogP contribution < -0.4 is 5.32 Å². The SMILES string of the molecule is O=C(NC1CCCCC1)c1cc(-c2ccsc2)nc2ccccc12. The van der Waals surface area contributed by atoms with E-state index in [1.165, 1.54) is 19.3 Å². The second-order valence-corrected chi connectivity index (χ2v) is 7.17. The summed E-state index contributed by atoms with van der Waals surface area (Å²) in [5.74, 6) is 0.0250. The Morgan fingerprint density at radius 1 is 1.12 bits per heavy atom. The van der Waals surface area contributed by atoms with Crippen molar-refractivity contribution in [2.75, 3.05) is 0 Å². The Bertz CT molecular complexity index is 851. The van der Waals surface area contributed by atoms with Crippen LogP contribution in [0.25, 0.3) is 22.2 Å². The molecular weight excluding hydrogens is 316 g/mol. The number of pyridine rings is 1. The highest BCUT2D eigenvalue weighted by atomic mass is 32.1. The highest BCUT2D eigenvalue weighted by Gasteiger charge is 2.19. The largest absolute Gasteiger partial charge is 0.349 e. The number of nitrogens with one attached hydrogen (secondary N) is 1. The zero-order valence-electron chi connectivity index (χ0n) is 13.5. The van der Waals surface area contributed by atoms with Gasteiger partial charge < -0.3 is 5.32 Å². The molecule has 1 amide bonds. The molecule has 4 rings (SSSR count). The van der Waals surface area contributed by atoms with Crippen LogP contribution in [-0.2, 0) is 0 Å². The lowest BCUT2D eigenvalue weighted by Gasteiger charge is -2.23. The van der Waals surface area contributed by atoms with Crippen molar-refractivity contribution < 1.29 is 4.79 Å². The maximum atomic E-state index is 12.9. The first kappa shape index (κ1) is 15.3. The second kappa shape index (κ2) is 6.73. The third-order valence-corrected chi connectivity index (χ3v) is 5.40. The number of rotatable bonds is 3. The average molecular weight is 336 g/mol. The summed E-state index contributed by atoms with van der Waals surface area (Å²) in [6.45, 7) is 0. The minimum atomic E-state index is 0.0250. The molecule has 0 bridgehead atoms. The van der Waals surface area contributed by atoms with E-state index in [4.69, 9.17) is 4.98 Å². The standard InChI is InChI=1S/C20H20N2OS/c23-20(21-15-6-2-1-3-7-15)17-12-19(14-10-11-24-13-14)22-18-9-5-4-8-16(17)18/h4-5,8-13,15H,1-3,6-7H2,(H,21,23). The molecule has 1 aromatic carbocycles. The minimum Gasteiger partial charge on any atom is -0.349 e. The summed E-state index contributed by atoms with van der Waals surface area (Å²) in [6.07, 6.45) is 5.88. The van der Waals surface area contributed by atoms with Crippen molar-refractivity contribution in [3.63, 3.8) is 0 Å². The molecule has 1 aliphatic carbocycles. The van der Waals surface area contributed by atoms with E-state index in [0.29, 0.717) is 6.04 Å². The number of hydrogen-bond acceptors (Lipinski definition) is 3. The lowest BCUT2D eigenvalue weighted by atomic mass is 9.95. The van der Waals surface area contributed by atoms with Gasteiger partial charge in [-0.3, -0.25) is 4.79 Å². The van der Waals surface area contributed by atoms with Gasteiger partial charge in [-0.2, -0.15) is 11.3 Å². The fourth-order valence-corrected chi connectivity index (χ4v) is 4.08. The first-order chi connectivity index (χ1) is 11.8. The van der Waals surface area contributed by atoms with Gasteiger partial charge in [0.2, 0.25) is 0 Å². The lowest BCUT2D eigenvalue weighted by Crippen LogP contribution is -2.36. The molecule has 2 aromatic heterocycles. The summed E-state index contributed by atoms with van der Waals surface area (Å²) in [7, 11) is 0. The molecule has 2 heterocycles. The quantitative estimate of drug-likeness (QED) is 0.729. The van der Waals surface area contributed by atoms with E-state index in [1.807, 2.05) is 41.8 Å². The van der Waals surface area contributed by atoms with Crippen LogP contribution in [0.3, 0.4) is 0 Å². The van der Waals surface area contributed by atoms with Gasteiger partial charge in [0.25, 0.3) is 5.91 Å². The van der Waals surface area contributed by atoms with Gasteiger partial charge in [-0.05, 0) is 36.4 Å². The van der Waals surface area contributed by atoms with Crippen LogP contribution in [0, 0.1) is 0 Å². The van der Waals surface area contributed by atoms with Crippen LogP contribution in [0.1, 0.15) is 42.5 Å². The molecule has 3 nitrogen and oxygen atoms in total. The number of thiophene rings is 1. The molecule has 1 aliphatic rings. The molecule has 1 saturated carbocycles. The molecule has 0 radical (unpaired) electrons. The lowest BCUT2D eigenvalue weighted by molar-refractivity contribution is 0.0929. The van der Waals surface area contributed by atoms with E-state index < -0.39 is 0 Å². The molecule has 1 N–H and O–H groups in total. The molecule has 0 aliphatic heterocycles. The van der Waals surface area contributed by atoms with Gasteiger partial charge in [-0.25, -0.2) is 4.98 Å². The molecule has 0 spiro atoms. The number of hydrogen-bond donors (Lipinski definition) is 1. The highest BCUT2D eigenvalue weighted by molar-refractivity contribution is 7.08. The van der Waals surface area contributed by atoms with E-state index >= 15 is 0 Å². The molecule has 3 aromatic rings. The van der Waals surface area contributed by atoms with Gasteiger partial charge in [0, 0.05) is 22.4 Å². The van der Waals surface area contributed by atoms with Crippen molar-refractivity contribution in [3.05, 3.63) is 52.7 Å². The topological polar surface area (TPSA) is 42.0 Å². The van der Waals surface area contributed by atoms with E-state index in [2.05, 4.69) is 10.7 Å². The van der Waals surface area contributed by atoms with Crippen molar-refractivity contribution >= 4 is 28.1 Å². The van der Waals surface area contributed by atoms with Gasteiger partial charge in [0.15, 0.2) is 0 Å². The second-order valence-electron chi connectivity index (χ2n) is 6.39. The molecule has 1 fully saturated rings. The summed E-state index contributed by atoms with van der Waals surface area (Å²) in [5, 5.41) is 8.26. The van der Waals surface area contributed by atoms with Crippen molar-refractivity contribution in [2.24, 2.45) is 0 Å². The number of aromatic nitrogens is 1. The van der Waals surface area contributed by atoms with Crippen LogP contribution in [0.15, 0.2) is 47.2 Å². The predicted molar refractivity (Wildman–Crippen MR) is 99.4 cm³/mol. The molecule has 122 valence electrons. The van der Waals surface area contributed by atoms with Gasteiger partial charge in [-0.15, -0.1) is 0 Å². The summed E-state index contributed by atoms with van der Waals surface area (Å²) in [6, 6.07) is 12.2. The zero-order chi connectivity index (χ0) is 16.4. The molecule has 4 heteroatoms. The third kappa shape index (κ3) is 3.06. The molecule has 0 saturated heterocycles. The summed E-state index contributed by atoms with van der Waals surface area (Å²) >= 11 is 1.64. The van der Waals surface area contributed by atoms with Crippen LogP contribution >= 0.6 is 11.3 Å². The summed E-state index contributed by atoms with van der Waals surface area (Å²) < 4.78 is 0. The molecular formula is C20H20N2OS. The Morgan fingerprint density at radius 3 is 2.75 bits per heavy atom. The van der Waals surface area contributed by atoms with E-state index in [-0.39, 0.29) is 5.91 Å². The Labute approximate surface area is 145 Å². The number of para-hydroxylation sites is 1. The molecule has 0 atom stereocenters. The van der Waals surface area contributed by atoms with E-state index in [0.717, 1.165) is 40.6 Å². The van der Waals surface area contributed by atoms with Crippen molar-refractivity contribution in [2.45, 2.75) is 38.1 Å². The van der Waals surface area contributed by atoms with Crippen LogP contribution in [-0.4, -0.2) is 16.9 Å². The number of amides is 1. The van der Waals surface area contributed by atoms with Crippen LogP contribution in [0.4, 0.5) is 0 Å². The Hall–Kier alpha value is -2.20. The number of carbonyl (C=O) groups is 1. The van der Waals surface area contributed by atoms with Crippen molar-refractivity contribution in [1.29, 1.82) is 0 Å². The number of carbonyl (C=O) groups excluding carboxylic acids is 1. The highest BCUT2D eigenvalue weighted by Crippen LogP contribution is 2.27. The van der Waals surface area contributed by atoms with Gasteiger partial charge >= 0.3 is 0 Å².